The Morgan fingerprint density at radius 1 is 0.926 bits per heavy atom. The second-order valence-corrected chi connectivity index (χ2v) is 7.01. The average molecular weight is 374 g/mol. The minimum atomic E-state index is -0.0983. The average Bonchev–Trinajstić information content (AvgIpc) is 2.74. The molecule has 7 nitrogen and oxygen atoms in total. The second-order valence-electron chi connectivity index (χ2n) is 7.01. The minimum absolute atomic E-state index is 0.0463. The van der Waals surface area contributed by atoms with Gasteiger partial charge in [-0.1, -0.05) is 6.92 Å². The third-order valence-electron chi connectivity index (χ3n) is 5.32. The number of amides is 2. The van der Waals surface area contributed by atoms with E-state index in [9.17, 15) is 9.59 Å². The zero-order valence-electron chi connectivity index (χ0n) is 16.2. The van der Waals surface area contributed by atoms with Gasteiger partial charge in [0.05, 0.1) is 13.2 Å². The third kappa shape index (κ3) is 5.51. The van der Waals surface area contributed by atoms with E-state index in [1.165, 1.54) is 0 Å². The van der Waals surface area contributed by atoms with Gasteiger partial charge in [-0.25, -0.2) is 0 Å². The first-order valence-corrected chi connectivity index (χ1v) is 9.87. The van der Waals surface area contributed by atoms with Crippen molar-refractivity contribution in [2.24, 2.45) is 0 Å². The SMILES string of the molecule is CCN1CCN(C(=O)c2ccc(C(=O)NCCN3CCOCC3)cc2)CC1. The summed E-state index contributed by atoms with van der Waals surface area (Å²) in [6.07, 6.45) is 0. The number of hydrogen-bond acceptors (Lipinski definition) is 5. The molecule has 1 N–H and O–H groups in total. The molecule has 0 radical (unpaired) electrons. The number of nitrogens with zero attached hydrogens (tertiary/aromatic N) is 3. The van der Waals surface area contributed by atoms with Gasteiger partial charge in [0.15, 0.2) is 0 Å². The number of rotatable bonds is 6. The van der Waals surface area contributed by atoms with E-state index in [0.717, 1.165) is 65.6 Å². The van der Waals surface area contributed by atoms with Crippen LogP contribution >= 0.6 is 0 Å². The van der Waals surface area contributed by atoms with E-state index < -0.39 is 0 Å². The molecule has 0 saturated carbocycles. The van der Waals surface area contributed by atoms with Gasteiger partial charge in [-0.3, -0.25) is 14.5 Å². The highest BCUT2D eigenvalue weighted by atomic mass is 16.5. The predicted octanol–water partition coefficient (Wildman–Crippen LogP) is 0.526. The fraction of sp³-hybridized carbons (Fsp3) is 0.600. The van der Waals surface area contributed by atoms with Crippen LogP contribution in [0.5, 0.6) is 0 Å². The summed E-state index contributed by atoms with van der Waals surface area (Å²) in [5.74, 6) is -0.0520. The summed E-state index contributed by atoms with van der Waals surface area (Å²) in [7, 11) is 0. The van der Waals surface area contributed by atoms with Gasteiger partial charge in [0.25, 0.3) is 11.8 Å². The van der Waals surface area contributed by atoms with Crippen LogP contribution in [0.1, 0.15) is 27.6 Å². The van der Waals surface area contributed by atoms with Crippen LogP contribution in [-0.4, -0.2) is 98.6 Å². The Bertz CT molecular complexity index is 621. The molecule has 2 amide bonds. The van der Waals surface area contributed by atoms with Crippen molar-refractivity contribution >= 4 is 11.8 Å². The largest absolute Gasteiger partial charge is 0.379 e. The Hall–Kier alpha value is -1.96. The molecule has 0 atom stereocenters. The summed E-state index contributed by atoms with van der Waals surface area (Å²) in [4.78, 5) is 31.4. The van der Waals surface area contributed by atoms with E-state index in [1.54, 1.807) is 24.3 Å². The molecule has 2 aliphatic rings. The van der Waals surface area contributed by atoms with Crippen molar-refractivity contribution < 1.29 is 14.3 Å². The molecule has 2 heterocycles. The highest BCUT2D eigenvalue weighted by Gasteiger charge is 2.21. The molecule has 1 aromatic rings. The molecule has 0 spiro atoms. The van der Waals surface area contributed by atoms with E-state index in [4.69, 9.17) is 4.74 Å². The molecule has 3 rings (SSSR count). The fourth-order valence-corrected chi connectivity index (χ4v) is 3.47. The van der Waals surface area contributed by atoms with Gasteiger partial charge in [-0.05, 0) is 30.8 Å². The zero-order chi connectivity index (χ0) is 19.1. The van der Waals surface area contributed by atoms with Gasteiger partial charge in [-0.2, -0.15) is 0 Å². The van der Waals surface area contributed by atoms with Gasteiger partial charge in [-0.15, -0.1) is 0 Å². The molecule has 0 aromatic heterocycles. The molecule has 2 aliphatic heterocycles. The van der Waals surface area contributed by atoms with Crippen LogP contribution < -0.4 is 5.32 Å². The lowest BCUT2D eigenvalue weighted by Crippen LogP contribution is -2.48. The maximum Gasteiger partial charge on any atom is 0.253 e. The van der Waals surface area contributed by atoms with Crippen LogP contribution in [-0.2, 0) is 4.74 Å². The summed E-state index contributed by atoms with van der Waals surface area (Å²) in [5, 5.41) is 2.95. The van der Waals surface area contributed by atoms with Crippen LogP contribution in [0.3, 0.4) is 0 Å². The van der Waals surface area contributed by atoms with Gasteiger partial charge < -0.3 is 19.9 Å². The van der Waals surface area contributed by atoms with Crippen molar-refractivity contribution in [3.8, 4) is 0 Å². The number of carbonyl (C=O) groups excluding carboxylic acids is 2. The van der Waals surface area contributed by atoms with Crippen LogP contribution in [0.15, 0.2) is 24.3 Å². The number of piperazine rings is 1. The van der Waals surface area contributed by atoms with Crippen LogP contribution in [0.2, 0.25) is 0 Å². The highest BCUT2D eigenvalue weighted by Crippen LogP contribution is 2.10. The Balaban J connectivity index is 1.46. The standard InChI is InChI=1S/C20H30N4O3/c1-2-22-9-11-24(12-10-22)20(26)18-5-3-17(4-6-18)19(25)21-7-8-23-13-15-27-16-14-23/h3-6H,2,7-16H2,1H3,(H,21,25). The van der Waals surface area contributed by atoms with Crippen molar-refractivity contribution in [3.05, 3.63) is 35.4 Å². The predicted molar refractivity (Wildman–Crippen MR) is 104 cm³/mol. The minimum Gasteiger partial charge on any atom is -0.379 e. The summed E-state index contributed by atoms with van der Waals surface area (Å²) in [6, 6.07) is 6.98. The second kappa shape index (κ2) is 9.82. The van der Waals surface area contributed by atoms with Gasteiger partial charge in [0.1, 0.15) is 0 Å². The Labute approximate surface area is 161 Å². The lowest BCUT2D eigenvalue weighted by atomic mass is 10.1. The molecule has 1 aromatic carbocycles. The summed E-state index contributed by atoms with van der Waals surface area (Å²) < 4.78 is 5.32. The highest BCUT2D eigenvalue weighted by molar-refractivity contribution is 5.97. The maximum absolute atomic E-state index is 12.6. The smallest absolute Gasteiger partial charge is 0.253 e. The van der Waals surface area contributed by atoms with Crippen molar-refractivity contribution in [1.82, 2.24) is 20.0 Å². The van der Waals surface area contributed by atoms with Gasteiger partial charge >= 0.3 is 0 Å². The molecule has 2 fully saturated rings. The number of hydrogen-bond donors (Lipinski definition) is 1. The number of ether oxygens (including phenoxy) is 1. The first kappa shape index (κ1) is 19.8. The summed E-state index contributed by atoms with van der Waals surface area (Å²) >= 11 is 0. The molecule has 0 aliphatic carbocycles. The first-order chi connectivity index (χ1) is 13.2. The quantitative estimate of drug-likeness (QED) is 0.787. The van der Waals surface area contributed by atoms with Crippen molar-refractivity contribution in [1.29, 1.82) is 0 Å². The first-order valence-electron chi connectivity index (χ1n) is 9.87. The lowest BCUT2D eigenvalue weighted by molar-refractivity contribution is 0.0383. The number of carbonyl (C=O) groups is 2. The molecule has 27 heavy (non-hydrogen) atoms. The Morgan fingerprint density at radius 2 is 1.56 bits per heavy atom. The zero-order valence-corrected chi connectivity index (χ0v) is 16.2. The Morgan fingerprint density at radius 3 is 2.19 bits per heavy atom. The monoisotopic (exact) mass is 374 g/mol. The topological polar surface area (TPSA) is 65.1 Å². The molecular weight excluding hydrogens is 344 g/mol. The van der Waals surface area contributed by atoms with Crippen molar-refractivity contribution in [2.45, 2.75) is 6.92 Å². The number of nitrogens with one attached hydrogen (secondary N) is 1. The maximum atomic E-state index is 12.6. The van der Waals surface area contributed by atoms with E-state index in [-0.39, 0.29) is 11.8 Å². The molecule has 0 unspecified atom stereocenters. The molecule has 2 saturated heterocycles. The third-order valence-corrected chi connectivity index (χ3v) is 5.32. The Kier molecular flexibility index (Phi) is 7.20. The van der Waals surface area contributed by atoms with E-state index in [0.29, 0.717) is 17.7 Å². The molecular formula is C20H30N4O3. The van der Waals surface area contributed by atoms with Crippen LogP contribution in [0.4, 0.5) is 0 Å². The van der Waals surface area contributed by atoms with Gasteiger partial charge in [0.2, 0.25) is 0 Å². The van der Waals surface area contributed by atoms with Crippen LogP contribution in [0, 0.1) is 0 Å². The lowest BCUT2D eigenvalue weighted by Gasteiger charge is -2.34. The van der Waals surface area contributed by atoms with Gasteiger partial charge in [0, 0.05) is 63.5 Å². The van der Waals surface area contributed by atoms with Crippen molar-refractivity contribution in [3.63, 3.8) is 0 Å². The fourth-order valence-electron chi connectivity index (χ4n) is 3.47. The summed E-state index contributed by atoms with van der Waals surface area (Å²) in [5.41, 5.74) is 1.23. The number of morpholine rings is 1. The van der Waals surface area contributed by atoms with E-state index in [2.05, 4.69) is 22.0 Å². The van der Waals surface area contributed by atoms with Crippen molar-refractivity contribution in [2.75, 3.05) is 72.1 Å². The van der Waals surface area contributed by atoms with E-state index >= 15 is 0 Å². The molecule has 148 valence electrons. The number of benzene rings is 1. The van der Waals surface area contributed by atoms with E-state index in [1.807, 2.05) is 4.90 Å². The van der Waals surface area contributed by atoms with Crippen LogP contribution in [0.25, 0.3) is 0 Å². The normalized spacial score (nSPS) is 19.1. The molecule has 0 bridgehead atoms. The number of likely N-dealkylation sites (N-methyl/N-ethyl adjacent to an activating group) is 1. The summed E-state index contributed by atoms with van der Waals surface area (Å²) in [6.45, 7) is 11.3. The molecule has 7 heteroatoms.